The molecule has 4 nitrogen and oxygen atoms in total. The van der Waals surface area contributed by atoms with E-state index in [0.29, 0.717) is 0 Å². The first-order valence-corrected chi connectivity index (χ1v) is 14.2. The Kier molecular flexibility index (Phi) is 6.68. The van der Waals surface area contributed by atoms with Gasteiger partial charge in [0.25, 0.3) is 0 Å². The van der Waals surface area contributed by atoms with Crippen LogP contribution in [0.4, 0.5) is 0 Å². The molecule has 0 bridgehead atoms. The molecule has 103 valence electrons. The Morgan fingerprint density at radius 2 is 1.61 bits per heavy atom. The van der Waals surface area contributed by atoms with Gasteiger partial charge in [0.15, 0.2) is 0 Å². The summed E-state index contributed by atoms with van der Waals surface area (Å²) in [7, 11) is -5.53. The molecule has 0 amide bonds. The summed E-state index contributed by atoms with van der Waals surface area (Å²) in [5.41, 5.74) is 2.10. The van der Waals surface area contributed by atoms with Gasteiger partial charge in [0.05, 0.1) is 0 Å². The molecule has 0 spiro atoms. The van der Waals surface area contributed by atoms with Crippen LogP contribution in [-0.2, 0) is 16.5 Å². The molecule has 0 N–H and O–H groups in total. The highest BCUT2D eigenvalue weighted by atomic mass is 28.5. The minimum Gasteiger partial charge on any atom is -0.414 e. The monoisotopic (exact) mass is 319 g/mol. The van der Waals surface area contributed by atoms with Crippen LogP contribution in [0.5, 0.6) is 0 Å². The molecule has 1 fully saturated rings. The standard InChI is InChI=1S/C10H23O4Si4/c1-6-7-8-9-10-16-13-17(2,3)11-15-12-18(4,5)14-16/h9-10H,6-8H2,1-5H3. The lowest BCUT2D eigenvalue weighted by atomic mass is 10.2. The quantitative estimate of drug-likeness (QED) is 0.590. The van der Waals surface area contributed by atoms with Crippen molar-refractivity contribution in [2.75, 3.05) is 0 Å². The van der Waals surface area contributed by atoms with Crippen molar-refractivity contribution in [3.63, 3.8) is 0 Å². The zero-order chi connectivity index (χ0) is 13.6. The normalized spacial score (nSPS) is 24.9. The van der Waals surface area contributed by atoms with Crippen LogP contribution >= 0.6 is 0 Å². The number of hydrogen-bond acceptors (Lipinski definition) is 4. The van der Waals surface area contributed by atoms with Gasteiger partial charge in [-0.15, -0.1) is 0 Å². The first-order chi connectivity index (χ1) is 8.35. The smallest absolute Gasteiger partial charge is 0.413 e. The Morgan fingerprint density at radius 3 is 2.11 bits per heavy atom. The van der Waals surface area contributed by atoms with E-state index in [-0.39, 0.29) is 10.0 Å². The summed E-state index contributed by atoms with van der Waals surface area (Å²) in [5.74, 6) is 0. The average molecular weight is 320 g/mol. The molecule has 0 aromatic carbocycles. The molecule has 0 atom stereocenters. The number of rotatable bonds is 4. The molecule has 1 heterocycles. The van der Waals surface area contributed by atoms with Gasteiger partial charge in [0, 0.05) is 0 Å². The van der Waals surface area contributed by atoms with Crippen LogP contribution in [0.2, 0.25) is 26.2 Å². The maximum atomic E-state index is 6.07. The largest absolute Gasteiger partial charge is 0.414 e. The van der Waals surface area contributed by atoms with E-state index in [0.717, 1.165) is 6.42 Å². The van der Waals surface area contributed by atoms with E-state index in [4.69, 9.17) is 16.5 Å². The third kappa shape index (κ3) is 6.57. The predicted octanol–water partition coefficient (Wildman–Crippen LogP) is 2.78. The molecule has 8 heteroatoms. The second kappa shape index (κ2) is 7.29. The minimum atomic E-state index is -2.09. The Balaban J connectivity index is 2.61. The highest BCUT2D eigenvalue weighted by Crippen LogP contribution is 2.18. The van der Waals surface area contributed by atoms with Gasteiger partial charge in [-0.3, -0.25) is 0 Å². The van der Waals surface area contributed by atoms with Gasteiger partial charge in [-0.25, -0.2) is 0 Å². The highest BCUT2D eigenvalue weighted by Gasteiger charge is 2.39. The summed E-state index contributed by atoms with van der Waals surface area (Å²) in [6.07, 6.45) is 5.69. The maximum absolute atomic E-state index is 6.07. The first-order valence-electron chi connectivity index (χ1n) is 6.37. The van der Waals surface area contributed by atoms with E-state index >= 15 is 0 Å². The van der Waals surface area contributed by atoms with Crippen molar-refractivity contribution < 1.29 is 16.5 Å². The lowest BCUT2D eigenvalue weighted by Gasteiger charge is -2.34. The number of allylic oxidation sites excluding steroid dienone is 1. The molecule has 0 aromatic rings. The molecule has 0 aliphatic carbocycles. The van der Waals surface area contributed by atoms with Crippen molar-refractivity contribution in [1.82, 2.24) is 0 Å². The van der Waals surface area contributed by atoms with Gasteiger partial charge >= 0.3 is 36.4 Å². The molecule has 1 aliphatic rings. The van der Waals surface area contributed by atoms with E-state index in [2.05, 4.69) is 18.7 Å². The molecule has 1 aliphatic heterocycles. The molecule has 1 rings (SSSR count). The highest BCUT2D eigenvalue weighted by molar-refractivity contribution is 6.83. The molecule has 0 saturated carbocycles. The zero-order valence-electron chi connectivity index (χ0n) is 11.9. The number of hydrogen-bond donors (Lipinski definition) is 0. The molecule has 0 aromatic heterocycles. The van der Waals surface area contributed by atoms with Gasteiger partial charge in [-0.05, 0) is 38.3 Å². The van der Waals surface area contributed by atoms with Gasteiger partial charge in [-0.2, -0.15) is 0 Å². The van der Waals surface area contributed by atoms with Crippen LogP contribution in [0.1, 0.15) is 26.2 Å². The molecule has 0 unspecified atom stereocenters. The van der Waals surface area contributed by atoms with Crippen LogP contribution in [-0.4, -0.2) is 36.4 Å². The SMILES string of the molecule is CCCCC=C[Si]1O[Si](C)(C)O[Si]O[Si](C)(C)O1. The fraction of sp³-hybridized carbons (Fsp3) is 0.800. The third-order valence-corrected chi connectivity index (χ3v) is 12.9. The molecule has 1 saturated heterocycles. The van der Waals surface area contributed by atoms with Crippen LogP contribution in [0, 0.1) is 0 Å². The Hall–Kier alpha value is 0.448. The van der Waals surface area contributed by atoms with E-state index in [1.807, 2.05) is 26.2 Å². The lowest BCUT2D eigenvalue weighted by Crippen LogP contribution is -2.53. The van der Waals surface area contributed by atoms with Gasteiger partial charge in [0.1, 0.15) is 0 Å². The summed E-state index contributed by atoms with van der Waals surface area (Å²) in [6, 6.07) is 0. The molecule has 18 heavy (non-hydrogen) atoms. The summed E-state index contributed by atoms with van der Waals surface area (Å²) in [5, 5.41) is 0. The predicted molar refractivity (Wildman–Crippen MR) is 79.5 cm³/mol. The van der Waals surface area contributed by atoms with Crippen molar-refractivity contribution in [2.45, 2.75) is 52.4 Å². The number of unbranched alkanes of at least 4 members (excludes halogenated alkanes) is 2. The zero-order valence-corrected chi connectivity index (χ0v) is 15.9. The Bertz CT molecular complexity index is 265. The van der Waals surface area contributed by atoms with Crippen LogP contribution in [0.3, 0.4) is 0 Å². The molecular formula is C10H23O4Si4. The van der Waals surface area contributed by atoms with Crippen molar-refractivity contribution in [3.8, 4) is 0 Å². The molecule has 3 radical (unpaired) electrons. The fourth-order valence-corrected chi connectivity index (χ4v) is 9.89. The molecular weight excluding hydrogens is 296 g/mol. The lowest BCUT2D eigenvalue weighted by molar-refractivity contribution is 0.280. The fourth-order valence-electron chi connectivity index (χ4n) is 1.34. The second-order valence-electron chi connectivity index (χ2n) is 5.15. The average Bonchev–Trinajstić information content (AvgIpc) is 2.20. The van der Waals surface area contributed by atoms with E-state index in [9.17, 15) is 0 Å². The van der Waals surface area contributed by atoms with Gasteiger partial charge in [-0.1, -0.05) is 25.8 Å². The summed E-state index contributed by atoms with van der Waals surface area (Å²) >= 11 is 0. The van der Waals surface area contributed by atoms with Gasteiger partial charge in [0.2, 0.25) is 0 Å². The van der Waals surface area contributed by atoms with Crippen LogP contribution in [0.25, 0.3) is 0 Å². The van der Waals surface area contributed by atoms with Crippen molar-refractivity contribution >= 4 is 36.4 Å². The van der Waals surface area contributed by atoms with Crippen LogP contribution < -0.4 is 0 Å². The second-order valence-corrected chi connectivity index (χ2v) is 15.2. The Morgan fingerprint density at radius 1 is 1.06 bits per heavy atom. The van der Waals surface area contributed by atoms with E-state index in [1.54, 1.807) is 0 Å². The van der Waals surface area contributed by atoms with Crippen molar-refractivity contribution in [2.24, 2.45) is 0 Å². The van der Waals surface area contributed by atoms with E-state index < -0.39 is 26.4 Å². The maximum Gasteiger partial charge on any atom is 0.413 e. The summed E-state index contributed by atoms with van der Waals surface area (Å²) in [4.78, 5) is 0. The third-order valence-electron chi connectivity index (χ3n) is 2.25. The summed E-state index contributed by atoms with van der Waals surface area (Å²) < 4.78 is 23.6. The van der Waals surface area contributed by atoms with Crippen LogP contribution in [0.15, 0.2) is 11.8 Å². The van der Waals surface area contributed by atoms with E-state index in [1.165, 1.54) is 12.8 Å². The Labute approximate surface area is 117 Å². The summed E-state index contributed by atoms with van der Waals surface area (Å²) in [6.45, 7) is 10.3. The van der Waals surface area contributed by atoms with Crippen molar-refractivity contribution in [3.05, 3.63) is 11.8 Å². The van der Waals surface area contributed by atoms with Crippen molar-refractivity contribution in [1.29, 1.82) is 0 Å². The van der Waals surface area contributed by atoms with Gasteiger partial charge < -0.3 is 16.5 Å². The first kappa shape index (κ1) is 16.5. The topological polar surface area (TPSA) is 36.9 Å². The minimum absolute atomic E-state index is 0.0508.